The van der Waals surface area contributed by atoms with Gasteiger partial charge in [-0.3, -0.25) is 4.98 Å². The minimum Gasteiger partial charge on any atom is -0.465 e. The number of esters is 2. The monoisotopic (exact) mass is 349 g/mol. The Morgan fingerprint density at radius 2 is 1.65 bits per heavy atom. The van der Waals surface area contributed by atoms with Crippen LogP contribution in [0.4, 0.5) is 0 Å². The molecule has 132 valence electrons. The number of rotatable bonds is 4. The van der Waals surface area contributed by atoms with Gasteiger partial charge in [0, 0.05) is 5.39 Å². The maximum absolute atomic E-state index is 12.6. The van der Waals surface area contributed by atoms with E-state index in [1.54, 1.807) is 31.2 Å². The van der Waals surface area contributed by atoms with Crippen LogP contribution in [0.2, 0.25) is 0 Å². The van der Waals surface area contributed by atoms with Crippen molar-refractivity contribution in [3.8, 4) is 0 Å². The van der Waals surface area contributed by atoms with Crippen molar-refractivity contribution in [1.82, 2.24) is 4.98 Å². The van der Waals surface area contributed by atoms with Crippen LogP contribution in [-0.4, -0.2) is 24.0 Å². The third kappa shape index (κ3) is 3.42. The van der Waals surface area contributed by atoms with E-state index in [1.165, 1.54) is 7.11 Å². The van der Waals surface area contributed by atoms with Crippen molar-refractivity contribution in [2.24, 2.45) is 0 Å². The zero-order valence-corrected chi connectivity index (χ0v) is 14.9. The molecule has 0 radical (unpaired) electrons. The van der Waals surface area contributed by atoms with Gasteiger partial charge < -0.3 is 9.47 Å². The van der Waals surface area contributed by atoms with E-state index < -0.39 is 11.9 Å². The second-order valence-electron chi connectivity index (χ2n) is 5.98. The first-order chi connectivity index (χ1) is 12.5. The molecule has 0 aliphatic heterocycles. The Balaban J connectivity index is 1.78. The number of nitrogens with zero attached hydrogens (tertiary/aromatic N) is 1. The number of fused-ring (bicyclic) bond motifs is 1. The molecule has 26 heavy (non-hydrogen) atoms. The first kappa shape index (κ1) is 17.6. The molecule has 0 spiro atoms. The van der Waals surface area contributed by atoms with Gasteiger partial charge in [-0.2, -0.15) is 0 Å². The van der Waals surface area contributed by atoms with Crippen molar-refractivity contribution in [2.75, 3.05) is 7.11 Å². The summed E-state index contributed by atoms with van der Waals surface area (Å²) < 4.78 is 10.1. The largest absolute Gasteiger partial charge is 0.465 e. The average Bonchev–Trinajstić information content (AvgIpc) is 2.66. The van der Waals surface area contributed by atoms with Crippen LogP contribution in [0.3, 0.4) is 0 Å². The third-order valence-corrected chi connectivity index (χ3v) is 4.28. The number of methoxy groups -OCH3 is 1. The van der Waals surface area contributed by atoms with E-state index in [4.69, 9.17) is 4.74 Å². The molecule has 1 heterocycles. The molecular weight excluding hydrogens is 330 g/mol. The Hall–Kier alpha value is -3.21. The van der Waals surface area contributed by atoms with Crippen molar-refractivity contribution in [2.45, 2.75) is 20.5 Å². The van der Waals surface area contributed by atoms with Crippen LogP contribution in [-0.2, 0) is 16.1 Å². The SMILES string of the molecule is COC(=O)c1ccc(COC(=O)c2c(C)nc3ccccc3c2C)cc1. The Bertz CT molecular complexity index is 977. The van der Waals surface area contributed by atoms with Gasteiger partial charge in [0.15, 0.2) is 0 Å². The summed E-state index contributed by atoms with van der Waals surface area (Å²) >= 11 is 0. The maximum atomic E-state index is 12.6. The molecule has 0 N–H and O–H groups in total. The first-order valence-electron chi connectivity index (χ1n) is 8.21. The molecule has 0 saturated heterocycles. The van der Waals surface area contributed by atoms with E-state index >= 15 is 0 Å². The van der Waals surface area contributed by atoms with Gasteiger partial charge in [-0.15, -0.1) is 0 Å². The minimum atomic E-state index is -0.407. The van der Waals surface area contributed by atoms with Crippen molar-refractivity contribution >= 4 is 22.8 Å². The highest BCUT2D eigenvalue weighted by atomic mass is 16.5. The van der Waals surface area contributed by atoms with Gasteiger partial charge in [-0.05, 0) is 43.2 Å². The Labute approximate surface area is 151 Å². The molecule has 0 fully saturated rings. The van der Waals surface area contributed by atoms with Crippen LogP contribution >= 0.6 is 0 Å². The molecule has 0 unspecified atom stereocenters. The number of pyridine rings is 1. The van der Waals surface area contributed by atoms with Crippen molar-refractivity contribution in [3.05, 3.63) is 76.5 Å². The first-order valence-corrected chi connectivity index (χ1v) is 8.21. The van der Waals surface area contributed by atoms with Crippen molar-refractivity contribution < 1.29 is 19.1 Å². The summed E-state index contributed by atoms with van der Waals surface area (Å²) in [4.78, 5) is 28.5. The van der Waals surface area contributed by atoms with Crippen molar-refractivity contribution in [3.63, 3.8) is 0 Å². The Morgan fingerprint density at radius 1 is 0.962 bits per heavy atom. The normalized spacial score (nSPS) is 10.6. The van der Waals surface area contributed by atoms with E-state index in [1.807, 2.05) is 31.2 Å². The van der Waals surface area contributed by atoms with Crippen LogP contribution in [0, 0.1) is 13.8 Å². The zero-order chi connectivity index (χ0) is 18.7. The topological polar surface area (TPSA) is 65.5 Å². The highest BCUT2D eigenvalue weighted by Gasteiger charge is 2.17. The highest BCUT2D eigenvalue weighted by molar-refractivity contribution is 5.98. The van der Waals surface area contributed by atoms with Crippen LogP contribution in [0.15, 0.2) is 48.5 Å². The molecule has 0 atom stereocenters. The number of hydrogen-bond acceptors (Lipinski definition) is 5. The number of aromatic nitrogens is 1. The summed E-state index contributed by atoms with van der Waals surface area (Å²) in [5.74, 6) is -0.808. The number of para-hydroxylation sites is 1. The molecule has 3 rings (SSSR count). The van der Waals surface area contributed by atoms with Gasteiger partial charge in [0.2, 0.25) is 0 Å². The fraction of sp³-hybridized carbons (Fsp3) is 0.190. The summed E-state index contributed by atoms with van der Waals surface area (Å²) in [6.07, 6.45) is 0. The lowest BCUT2D eigenvalue weighted by molar-refractivity contribution is 0.0469. The molecule has 5 nitrogen and oxygen atoms in total. The van der Waals surface area contributed by atoms with Gasteiger partial charge >= 0.3 is 11.9 Å². The van der Waals surface area contributed by atoms with Gasteiger partial charge in [-0.25, -0.2) is 9.59 Å². The molecule has 0 aliphatic rings. The highest BCUT2D eigenvalue weighted by Crippen LogP contribution is 2.23. The van der Waals surface area contributed by atoms with Gasteiger partial charge in [-0.1, -0.05) is 30.3 Å². The van der Waals surface area contributed by atoms with E-state index in [0.29, 0.717) is 16.8 Å². The summed E-state index contributed by atoms with van der Waals surface area (Å²) in [7, 11) is 1.33. The Morgan fingerprint density at radius 3 is 2.35 bits per heavy atom. The van der Waals surface area contributed by atoms with E-state index in [-0.39, 0.29) is 6.61 Å². The van der Waals surface area contributed by atoms with Crippen LogP contribution in [0.5, 0.6) is 0 Å². The molecular formula is C21H19NO4. The van der Waals surface area contributed by atoms with E-state index in [2.05, 4.69) is 9.72 Å². The second-order valence-corrected chi connectivity index (χ2v) is 5.98. The lowest BCUT2D eigenvalue weighted by Crippen LogP contribution is -2.11. The lowest BCUT2D eigenvalue weighted by atomic mass is 10.0. The average molecular weight is 349 g/mol. The van der Waals surface area contributed by atoms with Crippen molar-refractivity contribution in [1.29, 1.82) is 0 Å². The summed E-state index contributed by atoms with van der Waals surface area (Å²) in [5.41, 5.74) is 4.10. The molecule has 2 aromatic carbocycles. The number of hydrogen-bond donors (Lipinski definition) is 0. The molecule has 0 aliphatic carbocycles. The standard InChI is InChI=1S/C21H19NO4/c1-13-17-6-4-5-7-18(17)22-14(2)19(13)21(24)26-12-15-8-10-16(11-9-15)20(23)25-3/h4-11H,12H2,1-3H3. The quantitative estimate of drug-likeness (QED) is 0.666. The van der Waals surface area contributed by atoms with Crippen LogP contribution < -0.4 is 0 Å². The third-order valence-electron chi connectivity index (χ3n) is 4.28. The predicted octanol–water partition coefficient (Wildman–Crippen LogP) is 4.00. The fourth-order valence-corrected chi connectivity index (χ4v) is 2.91. The molecule has 0 saturated carbocycles. The van der Waals surface area contributed by atoms with E-state index in [0.717, 1.165) is 22.0 Å². The van der Waals surface area contributed by atoms with Gasteiger partial charge in [0.1, 0.15) is 6.61 Å². The number of aryl methyl sites for hydroxylation is 2. The minimum absolute atomic E-state index is 0.117. The lowest BCUT2D eigenvalue weighted by Gasteiger charge is -2.12. The molecule has 0 amide bonds. The molecule has 5 heteroatoms. The zero-order valence-electron chi connectivity index (χ0n) is 14.9. The summed E-state index contributed by atoms with van der Waals surface area (Å²) in [6.45, 7) is 3.83. The maximum Gasteiger partial charge on any atom is 0.340 e. The van der Waals surface area contributed by atoms with Gasteiger partial charge in [0.25, 0.3) is 0 Å². The molecule has 1 aromatic heterocycles. The molecule has 3 aromatic rings. The van der Waals surface area contributed by atoms with Crippen LogP contribution in [0.25, 0.3) is 10.9 Å². The summed E-state index contributed by atoms with van der Waals surface area (Å²) in [6, 6.07) is 14.5. The van der Waals surface area contributed by atoms with Gasteiger partial charge in [0.05, 0.1) is 29.4 Å². The number of benzene rings is 2. The fourth-order valence-electron chi connectivity index (χ4n) is 2.91. The number of ether oxygens (including phenoxy) is 2. The predicted molar refractivity (Wildman–Crippen MR) is 98.1 cm³/mol. The smallest absolute Gasteiger partial charge is 0.340 e. The number of carbonyl (C=O) groups is 2. The molecule has 0 bridgehead atoms. The number of carbonyl (C=O) groups excluding carboxylic acids is 2. The van der Waals surface area contributed by atoms with Crippen LogP contribution in [0.1, 0.15) is 37.5 Å². The summed E-state index contributed by atoms with van der Waals surface area (Å²) in [5, 5.41) is 0.937. The second kappa shape index (κ2) is 7.35. The van der Waals surface area contributed by atoms with E-state index in [9.17, 15) is 9.59 Å². The Kier molecular flexibility index (Phi) is 4.98.